The van der Waals surface area contributed by atoms with Crippen LogP contribution in [0.3, 0.4) is 0 Å². The highest BCUT2D eigenvalue weighted by atomic mass is 15.1. The Labute approximate surface area is 117 Å². The summed E-state index contributed by atoms with van der Waals surface area (Å²) < 4.78 is 0. The van der Waals surface area contributed by atoms with Crippen molar-refractivity contribution in [1.82, 2.24) is 9.88 Å². The molecule has 0 radical (unpaired) electrons. The SMILES string of the molecule is CCCCN(C)Cc1cnc(C(C)(C)C)c(C#N)c1. The predicted octanol–water partition coefficient (Wildman–Crippen LogP) is 3.48. The van der Waals surface area contributed by atoms with Gasteiger partial charge < -0.3 is 4.90 Å². The summed E-state index contributed by atoms with van der Waals surface area (Å²) in [7, 11) is 2.11. The van der Waals surface area contributed by atoms with Gasteiger partial charge >= 0.3 is 0 Å². The Bertz CT molecular complexity index is 452. The molecule has 0 aliphatic rings. The fraction of sp³-hybridized carbons (Fsp3) is 0.625. The lowest BCUT2D eigenvalue weighted by Gasteiger charge is -2.21. The molecule has 1 heterocycles. The lowest BCUT2D eigenvalue weighted by atomic mass is 9.88. The highest BCUT2D eigenvalue weighted by molar-refractivity contribution is 5.39. The van der Waals surface area contributed by atoms with Crippen LogP contribution in [0.25, 0.3) is 0 Å². The number of nitriles is 1. The Morgan fingerprint density at radius 1 is 1.37 bits per heavy atom. The number of aromatic nitrogens is 1. The van der Waals surface area contributed by atoms with E-state index in [2.05, 4.69) is 50.7 Å². The van der Waals surface area contributed by atoms with Gasteiger partial charge in [-0.2, -0.15) is 5.26 Å². The van der Waals surface area contributed by atoms with Gasteiger partial charge in [0.2, 0.25) is 0 Å². The van der Waals surface area contributed by atoms with Gasteiger partial charge in [0.25, 0.3) is 0 Å². The monoisotopic (exact) mass is 259 g/mol. The van der Waals surface area contributed by atoms with Gasteiger partial charge in [0, 0.05) is 18.2 Å². The van der Waals surface area contributed by atoms with Crippen molar-refractivity contribution in [3.63, 3.8) is 0 Å². The molecular formula is C16H25N3. The van der Waals surface area contributed by atoms with E-state index in [4.69, 9.17) is 0 Å². The largest absolute Gasteiger partial charge is 0.302 e. The molecular weight excluding hydrogens is 234 g/mol. The van der Waals surface area contributed by atoms with E-state index in [1.807, 2.05) is 12.3 Å². The normalized spacial score (nSPS) is 11.6. The van der Waals surface area contributed by atoms with Crippen LogP contribution in [0.1, 0.15) is 57.4 Å². The molecule has 0 aliphatic heterocycles. The number of pyridine rings is 1. The van der Waals surface area contributed by atoms with Gasteiger partial charge in [0.05, 0.1) is 11.3 Å². The maximum absolute atomic E-state index is 9.28. The van der Waals surface area contributed by atoms with E-state index in [0.717, 1.165) is 24.3 Å². The van der Waals surface area contributed by atoms with Gasteiger partial charge in [-0.3, -0.25) is 4.98 Å². The zero-order valence-electron chi connectivity index (χ0n) is 12.8. The second-order valence-corrected chi connectivity index (χ2v) is 6.19. The van der Waals surface area contributed by atoms with Crippen LogP contribution in [0.4, 0.5) is 0 Å². The molecule has 0 N–H and O–H groups in total. The molecule has 1 rings (SSSR count). The first kappa shape index (κ1) is 15.7. The number of hydrogen-bond donors (Lipinski definition) is 0. The Morgan fingerprint density at radius 2 is 2.05 bits per heavy atom. The van der Waals surface area contributed by atoms with Crippen molar-refractivity contribution < 1.29 is 0 Å². The minimum Gasteiger partial charge on any atom is -0.302 e. The third-order valence-corrected chi connectivity index (χ3v) is 3.12. The van der Waals surface area contributed by atoms with E-state index in [9.17, 15) is 5.26 Å². The molecule has 104 valence electrons. The van der Waals surface area contributed by atoms with Crippen LogP contribution in [-0.4, -0.2) is 23.5 Å². The highest BCUT2D eigenvalue weighted by Crippen LogP contribution is 2.24. The molecule has 0 fully saturated rings. The standard InChI is InChI=1S/C16H25N3/c1-6-7-8-19(5)12-13-9-14(10-17)15(18-11-13)16(2,3)4/h9,11H,6-8,12H2,1-5H3. The number of hydrogen-bond acceptors (Lipinski definition) is 3. The van der Waals surface area contributed by atoms with Crippen LogP contribution in [-0.2, 0) is 12.0 Å². The van der Waals surface area contributed by atoms with Crippen molar-refractivity contribution in [2.45, 2.75) is 52.5 Å². The minimum absolute atomic E-state index is 0.0856. The van der Waals surface area contributed by atoms with E-state index in [-0.39, 0.29) is 5.41 Å². The average Bonchev–Trinajstić information content (AvgIpc) is 2.34. The smallest absolute Gasteiger partial charge is 0.101 e. The molecule has 0 bridgehead atoms. The van der Waals surface area contributed by atoms with Crippen LogP contribution in [0.2, 0.25) is 0 Å². The molecule has 1 aromatic heterocycles. The predicted molar refractivity (Wildman–Crippen MR) is 78.9 cm³/mol. The first-order valence-electron chi connectivity index (χ1n) is 6.96. The van der Waals surface area contributed by atoms with Crippen molar-refractivity contribution in [3.8, 4) is 6.07 Å². The van der Waals surface area contributed by atoms with Crippen LogP contribution in [0, 0.1) is 11.3 Å². The molecule has 0 amide bonds. The second-order valence-electron chi connectivity index (χ2n) is 6.19. The van der Waals surface area contributed by atoms with Gasteiger partial charge in [0.15, 0.2) is 0 Å². The fourth-order valence-electron chi connectivity index (χ4n) is 2.10. The van der Waals surface area contributed by atoms with E-state index in [0.29, 0.717) is 5.56 Å². The fourth-order valence-corrected chi connectivity index (χ4v) is 2.10. The third-order valence-electron chi connectivity index (χ3n) is 3.12. The molecule has 0 saturated heterocycles. The van der Waals surface area contributed by atoms with E-state index < -0.39 is 0 Å². The zero-order valence-corrected chi connectivity index (χ0v) is 12.8. The number of unbranched alkanes of at least 4 members (excludes halogenated alkanes) is 1. The maximum Gasteiger partial charge on any atom is 0.101 e. The van der Waals surface area contributed by atoms with E-state index in [1.165, 1.54) is 12.8 Å². The van der Waals surface area contributed by atoms with Crippen molar-refractivity contribution in [1.29, 1.82) is 5.26 Å². The molecule has 0 saturated carbocycles. The van der Waals surface area contributed by atoms with E-state index >= 15 is 0 Å². The van der Waals surface area contributed by atoms with Crippen LogP contribution >= 0.6 is 0 Å². The number of rotatable bonds is 5. The van der Waals surface area contributed by atoms with Gasteiger partial charge in [-0.15, -0.1) is 0 Å². The quantitative estimate of drug-likeness (QED) is 0.812. The summed E-state index contributed by atoms with van der Waals surface area (Å²) in [5.74, 6) is 0. The molecule has 0 atom stereocenters. The van der Waals surface area contributed by atoms with Crippen LogP contribution < -0.4 is 0 Å². The van der Waals surface area contributed by atoms with E-state index in [1.54, 1.807) is 0 Å². The molecule has 0 unspecified atom stereocenters. The zero-order chi connectivity index (χ0) is 14.5. The second kappa shape index (κ2) is 6.68. The molecule has 0 spiro atoms. The van der Waals surface area contributed by atoms with Crippen LogP contribution in [0.5, 0.6) is 0 Å². The molecule has 0 aliphatic carbocycles. The van der Waals surface area contributed by atoms with Crippen LogP contribution in [0.15, 0.2) is 12.3 Å². The maximum atomic E-state index is 9.28. The first-order valence-corrected chi connectivity index (χ1v) is 6.96. The first-order chi connectivity index (χ1) is 8.88. The molecule has 1 aromatic rings. The summed E-state index contributed by atoms with van der Waals surface area (Å²) in [4.78, 5) is 6.78. The summed E-state index contributed by atoms with van der Waals surface area (Å²) in [6.07, 6.45) is 4.31. The number of nitrogens with zero attached hydrogens (tertiary/aromatic N) is 3. The summed E-state index contributed by atoms with van der Waals surface area (Å²) in [6, 6.07) is 4.26. The van der Waals surface area contributed by atoms with Gasteiger partial charge in [0.1, 0.15) is 6.07 Å². The Morgan fingerprint density at radius 3 is 2.58 bits per heavy atom. The summed E-state index contributed by atoms with van der Waals surface area (Å²) in [6.45, 7) is 10.4. The van der Waals surface area contributed by atoms with Gasteiger partial charge in [-0.05, 0) is 31.6 Å². The van der Waals surface area contributed by atoms with Crippen molar-refractivity contribution in [3.05, 3.63) is 29.1 Å². The molecule has 3 nitrogen and oxygen atoms in total. The molecule has 19 heavy (non-hydrogen) atoms. The van der Waals surface area contributed by atoms with Crippen molar-refractivity contribution >= 4 is 0 Å². The lowest BCUT2D eigenvalue weighted by Crippen LogP contribution is -2.20. The molecule has 0 aromatic carbocycles. The average molecular weight is 259 g/mol. The highest BCUT2D eigenvalue weighted by Gasteiger charge is 2.20. The van der Waals surface area contributed by atoms with Gasteiger partial charge in [-0.1, -0.05) is 34.1 Å². The Balaban J connectivity index is 2.87. The minimum atomic E-state index is -0.0856. The Hall–Kier alpha value is -1.40. The molecule has 3 heteroatoms. The van der Waals surface area contributed by atoms with Crippen molar-refractivity contribution in [2.75, 3.05) is 13.6 Å². The Kier molecular flexibility index (Phi) is 5.50. The topological polar surface area (TPSA) is 39.9 Å². The third kappa shape index (κ3) is 4.65. The summed E-state index contributed by atoms with van der Waals surface area (Å²) in [5, 5.41) is 9.28. The van der Waals surface area contributed by atoms with Gasteiger partial charge in [-0.25, -0.2) is 0 Å². The lowest BCUT2D eigenvalue weighted by molar-refractivity contribution is 0.320. The summed E-state index contributed by atoms with van der Waals surface area (Å²) >= 11 is 0. The van der Waals surface area contributed by atoms with Crippen molar-refractivity contribution in [2.24, 2.45) is 0 Å². The summed E-state index contributed by atoms with van der Waals surface area (Å²) in [5.41, 5.74) is 2.62.